The molecule has 0 aliphatic heterocycles. The van der Waals surface area contributed by atoms with Gasteiger partial charge < -0.3 is 14.8 Å². The number of rotatable bonds is 9. The molecule has 0 unspecified atom stereocenters. The summed E-state index contributed by atoms with van der Waals surface area (Å²) in [5.41, 5.74) is 0.959. The van der Waals surface area contributed by atoms with Crippen LogP contribution >= 0.6 is 0 Å². The number of sulfonamides is 1. The molecule has 0 aliphatic rings. The number of nitrogens with one attached hydrogen (secondary N) is 1. The van der Waals surface area contributed by atoms with Crippen LogP contribution in [0.4, 0.5) is 0 Å². The smallest absolute Gasteiger partial charge is 0.254 e. The summed E-state index contributed by atoms with van der Waals surface area (Å²) < 4.78 is 37.6. The van der Waals surface area contributed by atoms with Gasteiger partial charge in [-0.1, -0.05) is 24.8 Å². The van der Waals surface area contributed by atoms with Crippen molar-refractivity contribution in [1.82, 2.24) is 9.62 Å². The standard InChI is InChI=1S/C20H24N2O5S/c1-5-12-27-16-8-6-15(7-9-16)14-22(3)28(24,25)17-10-11-19(26-4)18(13-17)20(23)21-2/h5-11,13H,1,12,14H2,2-4H3,(H,21,23). The minimum Gasteiger partial charge on any atom is -0.496 e. The van der Waals surface area contributed by atoms with Crippen LogP contribution in [0, 0.1) is 0 Å². The maximum absolute atomic E-state index is 12.9. The highest BCUT2D eigenvalue weighted by Gasteiger charge is 2.24. The first kappa shape index (κ1) is 21.5. The molecule has 2 rings (SSSR count). The van der Waals surface area contributed by atoms with E-state index in [-0.39, 0.29) is 17.0 Å². The van der Waals surface area contributed by atoms with Crippen LogP contribution < -0.4 is 14.8 Å². The number of ether oxygens (including phenoxy) is 2. The molecule has 0 fully saturated rings. The van der Waals surface area contributed by atoms with Gasteiger partial charge in [-0.3, -0.25) is 4.79 Å². The number of amides is 1. The highest BCUT2D eigenvalue weighted by Crippen LogP contribution is 2.25. The summed E-state index contributed by atoms with van der Waals surface area (Å²) in [6.07, 6.45) is 1.65. The molecule has 0 aromatic heterocycles. The fourth-order valence-corrected chi connectivity index (χ4v) is 3.71. The van der Waals surface area contributed by atoms with Gasteiger partial charge >= 0.3 is 0 Å². The van der Waals surface area contributed by atoms with Crippen LogP contribution in [-0.4, -0.2) is 46.4 Å². The summed E-state index contributed by atoms with van der Waals surface area (Å²) >= 11 is 0. The Hall–Kier alpha value is -2.84. The molecular formula is C20H24N2O5S. The van der Waals surface area contributed by atoms with Gasteiger partial charge in [-0.05, 0) is 35.9 Å². The molecule has 7 nitrogen and oxygen atoms in total. The first-order valence-electron chi connectivity index (χ1n) is 8.52. The highest BCUT2D eigenvalue weighted by molar-refractivity contribution is 7.89. The van der Waals surface area contributed by atoms with E-state index in [9.17, 15) is 13.2 Å². The Morgan fingerprint density at radius 3 is 2.46 bits per heavy atom. The van der Waals surface area contributed by atoms with Crippen molar-refractivity contribution in [1.29, 1.82) is 0 Å². The molecular weight excluding hydrogens is 380 g/mol. The number of methoxy groups -OCH3 is 1. The maximum Gasteiger partial charge on any atom is 0.254 e. The van der Waals surface area contributed by atoms with E-state index in [1.807, 2.05) is 0 Å². The number of benzene rings is 2. The Labute approximate surface area is 165 Å². The highest BCUT2D eigenvalue weighted by atomic mass is 32.2. The van der Waals surface area contributed by atoms with Crippen molar-refractivity contribution in [3.8, 4) is 11.5 Å². The summed E-state index contributed by atoms with van der Waals surface area (Å²) in [5.74, 6) is 0.558. The largest absolute Gasteiger partial charge is 0.496 e. The zero-order valence-corrected chi connectivity index (χ0v) is 17.0. The van der Waals surface area contributed by atoms with E-state index in [2.05, 4.69) is 11.9 Å². The quantitative estimate of drug-likeness (QED) is 0.649. The Balaban J connectivity index is 2.23. The fraction of sp³-hybridized carbons (Fsp3) is 0.250. The van der Waals surface area contributed by atoms with Gasteiger partial charge in [-0.15, -0.1) is 0 Å². The van der Waals surface area contributed by atoms with Crippen molar-refractivity contribution in [2.24, 2.45) is 0 Å². The molecule has 0 atom stereocenters. The van der Waals surface area contributed by atoms with Crippen molar-refractivity contribution in [3.05, 3.63) is 66.2 Å². The third-order valence-corrected chi connectivity index (χ3v) is 5.85. The molecule has 150 valence electrons. The van der Waals surface area contributed by atoms with Crippen molar-refractivity contribution in [2.45, 2.75) is 11.4 Å². The van der Waals surface area contributed by atoms with Crippen LogP contribution in [-0.2, 0) is 16.6 Å². The zero-order valence-electron chi connectivity index (χ0n) is 16.1. The first-order valence-corrected chi connectivity index (χ1v) is 9.96. The van der Waals surface area contributed by atoms with Crippen LogP contribution in [0.1, 0.15) is 15.9 Å². The molecule has 1 N–H and O–H groups in total. The van der Waals surface area contributed by atoms with E-state index in [4.69, 9.17) is 9.47 Å². The van der Waals surface area contributed by atoms with Crippen LogP contribution in [0.2, 0.25) is 0 Å². The summed E-state index contributed by atoms with van der Waals surface area (Å²) in [7, 11) is 0.581. The molecule has 0 heterocycles. The van der Waals surface area contributed by atoms with E-state index >= 15 is 0 Å². The lowest BCUT2D eigenvalue weighted by molar-refractivity contribution is 0.0960. The number of nitrogens with zero attached hydrogens (tertiary/aromatic N) is 1. The zero-order chi connectivity index (χ0) is 20.7. The third kappa shape index (κ3) is 4.90. The molecule has 8 heteroatoms. The third-order valence-electron chi connectivity index (χ3n) is 4.05. The molecule has 0 saturated heterocycles. The van der Waals surface area contributed by atoms with Gasteiger partial charge in [0.2, 0.25) is 10.0 Å². The molecule has 1 amide bonds. The van der Waals surface area contributed by atoms with E-state index in [1.54, 1.807) is 30.3 Å². The lowest BCUT2D eigenvalue weighted by Gasteiger charge is -2.18. The van der Waals surface area contributed by atoms with E-state index in [1.165, 1.54) is 43.7 Å². The summed E-state index contributed by atoms with van der Waals surface area (Å²) in [6.45, 7) is 4.16. The molecule has 2 aromatic carbocycles. The van der Waals surface area contributed by atoms with Crippen LogP contribution in [0.3, 0.4) is 0 Å². The van der Waals surface area contributed by atoms with Crippen molar-refractivity contribution >= 4 is 15.9 Å². The number of hydrogen-bond acceptors (Lipinski definition) is 5. The predicted molar refractivity (Wildman–Crippen MR) is 107 cm³/mol. The first-order chi connectivity index (χ1) is 13.3. The number of carbonyl (C=O) groups excluding carboxylic acids is 1. The molecule has 28 heavy (non-hydrogen) atoms. The molecule has 0 aliphatic carbocycles. The van der Waals surface area contributed by atoms with Gasteiger partial charge in [0.25, 0.3) is 5.91 Å². The lowest BCUT2D eigenvalue weighted by atomic mass is 10.2. The van der Waals surface area contributed by atoms with Crippen LogP contribution in [0.5, 0.6) is 11.5 Å². The summed E-state index contributed by atoms with van der Waals surface area (Å²) in [5, 5.41) is 2.48. The Morgan fingerprint density at radius 2 is 1.89 bits per heavy atom. The maximum atomic E-state index is 12.9. The van der Waals surface area contributed by atoms with E-state index in [0.717, 1.165) is 5.56 Å². The van der Waals surface area contributed by atoms with E-state index in [0.29, 0.717) is 18.1 Å². The lowest BCUT2D eigenvalue weighted by Crippen LogP contribution is -2.27. The second kappa shape index (κ2) is 9.38. The molecule has 0 saturated carbocycles. The second-order valence-electron chi connectivity index (χ2n) is 5.95. The molecule has 0 spiro atoms. The Kier molecular flexibility index (Phi) is 7.19. The minimum atomic E-state index is -3.80. The SMILES string of the molecule is C=CCOc1ccc(CN(C)S(=O)(=O)c2ccc(OC)c(C(=O)NC)c2)cc1. The monoisotopic (exact) mass is 404 g/mol. The summed E-state index contributed by atoms with van der Waals surface area (Å²) in [6, 6.07) is 11.4. The fourth-order valence-electron chi connectivity index (χ4n) is 2.53. The van der Waals surface area contributed by atoms with Gasteiger partial charge in [-0.25, -0.2) is 8.42 Å². The Bertz CT molecular complexity index is 940. The van der Waals surface area contributed by atoms with Gasteiger partial charge in [-0.2, -0.15) is 4.31 Å². The second-order valence-corrected chi connectivity index (χ2v) is 7.99. The average molecular weight is 404 g/mol. The number of carbonyl (C=O) groups is 1. The minimum absolute atomic E-state index is 0.0142. The van der Waals surface area contributed by atoms with Crippen molar-refractivity contribution in [2.75, 3.05) is 27.8 Å². The average Bonchev–Trinajstić information content (AvgIpc) is 2.72. The molecule has 0 radical (unpaired) electrons. The topological polar surface area (TPSA) is 84.9 Å². The van der Waals surface area contributed by atoms with Gasteiger partial charge in [0.05, 0.1) is 17.6 Å². The van der Waals surface area contributed by atoms with Crippen molar-refractivity contribution in [3.63, 3.8) is 0 Å². The normalized spacial score (nSPS) is 11.1. The van der Waals surface area contributed by atoms with Crippen molar-refractivity contribution < 1.29 is 22.7 Å². The van der Waals surface area contributed by atoms with Crippen LogP contribution in [0.15, 0.2) is 60.0 Å². The summed E-state index contributed by atoms with van der Waals surface area (Å²) in [4.78, 5) is 12.0. The molecule has 0 bridgehead atoms. The number of hydrogen-bond donors (Lipinski definition) is 1. The predicted octanol–water partition coefficient (Wildman–Crippen LogP) is 2.44. The molecule has 2 aromatic rings. The van der Waals surface area contributed by atoms with E-state index < -0.39 is 15.9 Å². The van der Waals surface area contributed by atoms with Gasteiger partial charge in [0.1, 0.15) is 18.1 Å². The van der Waals surface area contributed by atoms with Gasteiger partial charge in [0.15, 0.2) is 0 Å². The Morgan fingerprint density at radius 1 is 1.21 bits per heavy atom. The van der Waals surface area contributed by atoms with Gasteiger partial charge in [0, 0.05) is 20.6 Å². The van der Waals surface area contributed by atoms with Crippen LogP contribution in [0.25, 0.3) is 0 Å².